The highest BCUT2D eigenvalue weighted by Gasteiger charge is 2.43. The summed E-state index contributed by atoms with van der Waals surface area (Å²) >= 11 is 0. The lowest BCUT2D eigenvalue weighted by molar-refractivity contribution is 0.399. The van der Waals surface area contributed by atoms with E-state index in [-0.39, 0.29) is 29.4 Å². The van der Waals surface area contributed by atoms with E-state index in [9.17, 15) is 0 Å². The van der Waals surface area contributed by atoms with Gasteiger partial charge in [-0.05, 0) is 52.4 Å². The molecule has 1 fully saturated rings. The number of hydrogen-bond acceptors (Lipinski definition) is 2. The molecule has 0 spiro atoms. The quantitative estimate of drug-likeness (QED) is 0.289. The zero-order valence-corrected chi connectivity index (χ0v) is 17.0. The lowest BCUT2D eigenvalue weighted by Gasteiger charge is -2.16. The molecular weight excluding hydrogens is 399 g/mol. The number of guanidine groups is 1. The van der Waals surface area contributed by atoms with Crippen molar-refractivity contribution in [2.24, 2.45) is 4.99 Å². The average molecular weight is 430 g/mol. The summed E-state index contributed by atoms with van der Waals surface area (Å²) in [6.45, 7) is 5.95. The van der Waals surface area contributed by atoms with Gasteiger partial charge >= 0.3 is 0 Å². The van der Waals surface area contributed by atoms with Gasteiger partial charge in [0.05, 0.1) is 6.54 Å². The molecule has 0 amide bonds. The van der Waals surface area contributed by atoms with E-state index < -0.39 is 0 Å². The van der Waals surface area contributed by atoms with Gasteiger partial charge in [0.15, 0.2) is 5.96 Å². The molecule has 5 heteroatoms. The van der Waals surface area contributed by atoms with Crippen molar-refractivity contribution >= 4 is 29.9 Å². The molecular formula is C18H31IN4. The molecule has 0 radical (unpaired) electrons. The molecule has 1 aliphatic rings. The Bertz CT molecular complexity index is 469. The summed E-state index contributed by atoms with van der Waals surface area (Å²) < 4.78 is 0. The predicted molar refractivity (Wildman–Crippen MR) is 110 cm³/mol. The van der Waals surface area contributed by atoms with E-state index in [1.807, 2.05) is 0 Å². The zero-order valence-electron chi connectivity index (χ0n) is 14.6. The maximum atomic E-state index is 4.82. The van der Waals surface area contributed by atoms with Gasteiger partial charge in [-0.1, -0.05) is 30.3 Å². The minimum atomic E-state index is 0. The molecule has 23 heavy (non-hydrogen) atoms. The summed E-state index contributed by atoms with van der Waals surface area (Å²) in [5.74, 6) is 0.948. The Hall–Kier alpha value is -0.820. The van der Waals surface area contributed by atoms with Crippen LogP contribution in [0.5, 0.6) is 0 Å². The standard InChI is InChI=1S/C18H30N4.HI/c1-4-19-17(20-13-8-14-22(2)3)21-15-18(11-12-18)16-9-6-5-7-10-16;/h5-7,9-10H,4,8,11-15H2,1-3H3,(H2,19,20,21);1H. The number of nitrogens with zero attached hydrogens (tertiary/aromatic N) is 2. The number of halogens is 1. The van der Waals surface area contributed by atoms with Crippen molar-refractivity contribution in [3.8, 4) is 0 Å². The maximum absolute atomic E-state index is 4.82. The van der Waals surface area contributed by atoms with Gasteiger partial charge in [0, 0.05) is 18.5 Å². The molecule has 4 nitrogen and oxygen atoms in total. The topological polar surface area (TPSA) is 39.7 Å². The van der Waals surface area contributed by atoms with Crippen LogP contribution in [0.15, 0.2) is 35.3 Å². The highest BCUT2D eigenvalue weighted by Crippen LogP contribution is 2.48. The lowest BCUT2D eigenvalue weighted by atomic mass is 9.96. The third kappa shape index (κ3) is 6.67. The van der Waals surface area contributed by atoms with Crippen LogP contribution in [0.2, 0.25) is 0 Å². The molecule has 1 aliphatic carbocycles. The second-order valence-electron chi connectivity index (χ2n) is 6.43. The molecule has 1 aromatic rings. The first kappa shape index (κ1) is 20.2. The third-order valence-electron chi connectivity index (χ3n) is 4.20. The van der Waals surface area contributed by atoms with Crippen LogP contribution < -0.4 is 10.6 Å². The first-order valence-electron chi connectivity index (χ1n) is 8.39. The summed E-state index contributed by atoms with van der Waals surface area (Å²) in [6.07, 6.45) is 3.63. The van der Waals surface area contributed by atoms with Crippen LogP contribution in [0.1, 0.15) is 31.7 Å². The van der Waals surface area contributed by atoms with Crippen molar-refractivity contribution in [3.05, 3.63) is 35.9 Å². The molecule has 0 heterocycles. The summed E-state index contributed by atoms with van der Waals surface area (Å²) in [6, 6.07) is 10.8. The van der Waals surface area contributed by atoms with Gasteiger partial charge in [-0.2, -0.15) is 0 Å². The van der Waals surface area contributed by atoms with E-state index in [1.54, 1.807) is 0 Å². The normalized spacial score (nSPS) is 15.9. The van der Waals surface area contributed by atoms with Gasteiger partial charge in [0.1, 0.15) is 0 Å². The van der Waals surface area contributed by atoms with Crippen molar-refractivity contribution in [2.75, 3.05) is 40.3 Å². The number of nitrogens with one attached hydrogen (secondary N) is 2. The van der Waals surface area contributed by atoms with Gasteiger partial charge in [-0.25, -0.2) is 0 Å². The van der Waals surface area contributed by atoms with E-state index in [0.717, 1.165) is 38.6 Å². The lowest BCUT2D eigenvalue weighted by Crippen LogP contribution is -2.39. The number of aliphatic imine (C=N–C) groups is 1. The minimum Gasteiger partial charge on any atom is -0.357 e. The summed E-state index contributed by atoms with van der Waals surface area (Å²) in [5, 5.41) is 6.79. The molecule has 0 aromatic heterocycles. The van der Waals surface area contributed by atoms with Crippen LogP contribution >= 0.6 is 24.0 Å². The predicted octanol–water partition coefficient (Wildman–Crippen LogP) is 2.84. The fourth-order valence-corrected chi connectivity index (χ4v) is 2.65. The SMILES string of the molecule is CCNC(=NCC1(c2ccccc2)CC1)NCCCN(C)C.I. The average Bonchev–Trinajstić information content (AvgIpc) is 3.31. The van der Waals surface area contributed by atoms with Crippen LogP contribution in [0.3, 0.4) is 0 Å². The molecule has 2 rings (SSSR count). The molecule has 0 aliphatic heterocycles. The molecule has 1 saturated carbocycles. The second kappa shape index (κ2) is 10.1. The van der Waals surface area contributed by atoms with E-state index in [2.05, 4.69) is 66.9 Å². The first-order valence-corrected chi connectivity index (χ1v) is 8.39. The summed E-state index contributed by atoms with van der Waals surface area (Å²) in [4.78, 5) is 7.03. The smallest absolute Gasteiger partial charge is 0.191 e. The van der Waals surface area contributed by atoms with Gasteiger partial charge in [0.2, 0.25) is 0 Å². The Morgan fingerprint density at radius 3 is 2.43 bits per heavy atom. The molecule has 1 aromatic carbocycles. The van der Waals surface area contributed by atoms with Gasteiger partial charge in [0.25, 0.3) is 0 Å². The monoisotopic (exact) mass is 430 g/mol. The fraction of sp³-hybridized carbons (Fsp3) is 0.611. The van der Waals surface area contributed by atoms with E-state index >= 15 is 0 Å². The molecule has 130 valence electrons. The third-order valence-corrected chi connectivity index (χ3v) is 4.20. The second-order valence-corrected chi connectivity index (χ2v) is 6.43. The summed E-state index contributed by atoms with van der Waals surface area (Å²) in [5.41, 5.74) is 1.72. The van der Waals surface area contributed by atoms with Crippen molar-refractivity contribution in [1.82, 2.24) is 15.5 Å². The number of benzene rings is 1. The van der Waals surface area contributed by atoms with E-state index in [1.165, 1.54) is 18.4 Å². The summed E-state index contributed by atoms with van der Waals surface area (Å²) in [7, 11) is 4.21. The Labute approximate surface area is 158 Å². The number of hydrogen-bond donors (Lipinski definition) is 2. The van der Waals surface area contributed by atoms with Crippen LogP contribution in [0.4, 0.5) is 0 Å². The first-order chi connectivity index (χ1) is 10.7. The highest BCUT2D eigenvalue weighted by atomic mass is 127. The molecule has 0 unspecified atom stereocenters. The minimum absolute atomic E-state index is 0. The van der Waals surface area contributed by atoms with E-state index in [4.69, 9.17) is 4.99 Å². The fourth-order valence-electron chi connectivity index (χ4n) is 2.65. The van der Waals surface area contributed by atoms with Crippen LogP contribution in [0, 0.1) is 0 Å². The molecule has 0 saturated heterocycles. The molecule has 0 bridgehead atoms. The number of rotatable bonds is 8. The zero-order chi connectivity index (χ0) is 15.8. The Kier molecular flexibility index (Phi) is 8.91. The Morgan fingerprint density at radius 1 is 1.17 bits per heavy atom. The van der Waals surface area contributed by atoms with Gasteiger partial charge in [-0.15, -0.1) is 24.0 Å². The Morgan fingerprint density at radius 2 is 1.87 bits per heavy atom. The van der Waals surface area contributed by atoms with Crippen molar-refractivity contribution in [3.63, 3.8) is 0 Å². The Balaban J connectivity index is 0.00000264. The van der Waals surface area contributed by atoms with Crippen molar-refractivity contribution < 1.29 is 0 Å². The van der Waals surface area contributed by atoms with Gasteiger partial charge in [-0.3, -0.25) is 4.99 Å². The van der Waals surface area contributed by atoms with Crippen LogP contribution in [-0.4, -0.2) is 51.1 Å². The molecule has 2 N–H and O–H groups in total. The van der Waals surface area contributed by atoms with Crippen molar-refractivity contribution in [2.45, 2.75) is 31.6 Å². The highest BCUT2D eigenvalue weighted by molar-refractivity contribution is 14.0. The largest absolute Gasteiger partial charge is 0.357 e. The maximum Gasteiger partial charge on any atom is 0.191 e. The van der Waals surface area contributed by atoms with Crippen molar-refractivity contribution in [1.29, 1.82) is 0 Å². The van der Waals surface area contributed by atoms with E-state index in [0.29, 0.717) is 0 Å². The van der Waals surface area contributed by atoms with Crippen LogP contribution in [0.25, 0.3) is 0 Å². The van der Waals surface area contributed by atoms with Gasteiger partial charge < -0.3 is 15.5 Å². The molecule has 0 atom stereocenters. The van der Waals surface area contributed by atoms with Crippen LogP contribution in [-0.2, 0) is 5.41 Å².